The molecule has 136 valence electrons. The summed E-state index contributed by atoms with van der Waals surface area (Å²) in [7, 11) is 0. The van der Waals surface area contributed by atoms with Crippen LogP contribution in [0.1, 0.15) is 32.5 Å². The molecule has 9 heteroatoms. The third-order valence-corrected chi connectivity index (χ3v) is 3.83. The zero-order valence-electron chi connectivity index (χ0n) is 14.5. The Morgan fingerprint density at radius 3 is 2.71 bits per heavy atom. The molecule has 0 aliphatic carbocycles. The first-order chi connectivity index (χ1) is 11.2. The van der Waals surface area contributed by atoms with Crippen LogP contribution < -0.4 is 10.6 Å². The van der Waals surface area contributed by atoms with Gasteiger partial charge in [0.15, 0.2) is 5.96 Å². The van der Waals surface area contributed by atoms with Gasteiger partial charge in [0.1, 0.15) is 18.7 Å². The quantitative estimate of drug-likeness (QED) is 0.363. The van der Waals surface area contributed by atoms with Crippen molar-refractivity contribution in [2.75, 3.05) is 32.7 Å². The van der Waals surface area contributed by atoms with Gasteiger partial charge in [-0.2, -0.15) is 0 Å². The van der Waals surface area contributed by atoms with Crippen LogP contribution in [0.4, 0.5) is 0 Å². The summed E-state index contributed by atoms with van der Waals surface area (Å²) in [5, 5.41) is 14.4. The maximum absolute atomic E-state index is 12.0. The SMILES string of the molecule is CCNC(=NCC(=O)N1CCCC1)NCCn1cnnc1CC.I. The van der Waals surface area contributed by atoms with Crippen molar-refractivity contribution in [1.82, 2.24) is 30.3 Å². The van der Waals surface area contributed by atoms with Crippen molar-refractivity contribution in [3.63, 3.8) is 0 Å². The van der Waals surface area contributed by atoms with Crippen LogP contribution in [-0.4, -0.2) is 64.3 Å². The molecule has 1 saturated heterocycles. The molecule has 1 fully saturated rings. The minimum Gasteiger partial charge on any atom is -0.357 e. The molecule has 24 heavy (non-hydrogen) atoms. The lowest BCUT2D eigenvalue weighted by atomic mass is 10.4. The number of likely N-dealkylation sites (tertiary alicyclic amines) is 1. The van der Waals surface area contributed by atoms with Crippen LogP contribution in [0.15, 0.2) is 11.3 Å². The third kappa shape index (κ3) is 6.25. The number of aliphatic imine (C=N–C) groups is 1. The number of carbonyl (C=O) groups is 1. The van der Waals surface area contributed by atoms with Crippen LogP contribution in [0.5, 0.6) is 0 Å². The lowest BCUT2D eigenvalue weighted by molar-refractivity contribution is -0.128. The Morgan fingerprint density at radius 2 is 2.04 bits per heavy atom. The first kappa shape index (κ1) is 20.7. The molecule has 0 radical (unpaired) electrons. The van der Waals surface area contributed by atoms with Gasteiger partial charge >= 0.3 is 0 Å². The van der Waals surface area contributed by atoms with E-state index in [4.69, 9.17) is 0 Å². The van der Waals surface area contributed by atoms with Gasteiger partial charge in [0.2, 0.25) is 5.91 Å². The summed E-state index contributed by atoms with van der Waals surface area (Å²) < 4.78 is 2.02. The summed E-state index contributed by atoms with van der Waals surface area (Å²) in [6.45, 7) is 8.23. The van der Waals surface area contributed by atoms with Gasteiger partial charge < -0.3 is 20.1 Å². The second-order valence-electron chi connectivity index (χ2n) is 5.50. The molecule has 1 aliphatic rings. The van der Waals surface area contributed by atoms with Crippen LogP contribution in [-0.2, 0) is 17.8 Å². The summed E-state index contributed by atoms with van der Waals surface area (Å²) >= 11 is 0. The van der Waals surface area contributed by atoms with Crippen molar-refractivity contribution in [2.24, 2.45) is 4.99 Å². The van der Waals surface area contributed by atoms with Crippen molar-refractivity contribution in [3.05, 3.63) is 12.2 Å². The molecule has 0 bridgehead atoms. The molecular weight excluding hydrogens is 421 g/mol. The number of amides is 1. The monoisotopic (exact) mass is 449 g/mol. The zero-order valence-corrected chi connectivity index (χ0v) is 16.8. The highest BCUT2D eigenvalue weighted by molar-refractivity contribution is 14.0. The molecule has 1 aromatic heterocycles. The first-order valence-electron chi connectivity index (χ1n) is 8.41. The first-order valence-corrected chi connectivity index (χ1v) is 8.41. The van der Waals surface area contributed by atoms with E-state index >= 15 is 0 Å². The number of aromatic nitrogens is 3. The zero-order chi connectivity index (χ0) is 16.5. The minimum absolute atomic E-state index is 0. The Kier molecular flexibility index (Phi) is 9.65. The van der Waals surface area contributed by atoms with Gasteiger partial charge in [0, 0.05) is 39.1 Å². The Bertz CT molecular complexity index is 526. The number of nitrogens with one attached hydrogen (secondary N) is 2. The van der Waals surface area contributed by atoms with Crippen LogP contribution in [0.25, 0.3) is 0 Å². The van der Waals surface area contributed by atoms with Gasteiger partial charge in [-0.05, 0) is 19.8 Å². The van der Waals surface area contributed by atoms with Gasteiger partial charge in [-0.1, -0.05) is 6.92 Å². The fourth-order valence-electron chi connectivity index (χ4n) is 2.59. The molecule has 2 heterocycles. The maximum atomic E-state index is 12.0. The van der Waals surface area contributed by atoms with E-state index in [-0.39, 0.29) is 36.4 Å². The fraction of sp³-hybridized carbons (Fsp3) is 0.733. The van der Waals surface area contributed by atoms with Crippen molar-refractivity contribution in [1.29, 1.82) is 0 Å². The number of carbonyl (C=O) groups excluding carboxylic acids is 1. The minimum atomic E-state index is 0. The fourth-order valence-corrected chi connectivity index (χ4v) is 2.59. The van der Waals surface area contributed by atoms with Gasteiger partial charge in [-0.3, -0.25) is 4.79 Å². The van der Waals surface area contributed by atoms with Crippen molar-refractivity contribution in [2.45, 2.75) is 39.7 Å². The second-order valence-corrected chi connectivity index (χ2v) is 5.50. The highest BCUT2D eigenvalue weighted by Crippen LogP contribution is 2.07. The van der Waals surface area contributed by atoms with E-state index in [1.54, 1.807) is 6.33 Å². The van der Waals surface area contributed by atoms with Crippen LogP contribution >= 0.6 is 24.0 Å². The molecule has 0 spiro atoms. The normalized spacial score (nSPS) is 14.4. The smallest absolute Gasteiger partial charge is 0.244 e. The number of hydrogen-bond donors (Lipinski definition) is 2. The molecular formula is C15H28IN7O. The van der Waals surface area contributed by atoms with Gasteiger partial charge in [0.05, 0.1) is 0 Å². The number of aryl methyl sites for hydroxylation is 1. The number of nitrogens with zero attached hydrogens (tertiary/aromatic N) is 5. The molecule has 0 unspecified atom stereocenters. The van der Waals surface area contributed by atoms with Crippen LogP contribution in [0.2, 0.25) is 0 Å². The number of rotatable bonds is 7. The van der Waals surface area contributed by atoms with E-state index in [9.17, 15) is 4.79 Å². The molecule has 0 atom stereocenters. The lowest BCUT2D eigenvalue weighted by Gasteiger charge is -2.15. The summed E-state index contributed by atoms with van der Waals surface area (Å²) in [6, 6.07) is 0. The van der Waals surface area contributed by atoms with Crippen molar-refractivity contribution >= 4 is 35.8 Å². The van der Waals surface area contributed by atoms with Crippen molar-refractivity contribution in [3.8, 4) is 0 Å². The summed E-state index contributed by atoms with van der Waals surface area (Å²) in [6.07, 6.45) is 4.80. The standard InChI is InChI=1S/C15H27N7O.HI/c1-3-13-20-19-12-22(13)10-7-17-15(16-4-2)18-11-14(23)21-8-5-6-9-21;/h12H,3-11H2,1-2H3,(H2,16,17,18);1H. The summed E-state index contributed by atoms with van der Waals surface area (Å²) in [5.74, 6) is 1.75. The Hall–Kier alpha value is -1.39. The van der Waals surface area contributed by atoms with Gasteiger partial charge in [-0.25, -0.2) is 4.99 Å². The number of halogens is 1. The van der Waals surface area contributed by atoms with E-state index in [0.29, 0.717) is 12.5 Å². The van der Waals surface area contributed by atoms with Crippen LogP contribution in [0.3, 0.4) is 0 Å². The van der Waals surface area contributed by atoms with E-state index in [2.05, 4.69) is 32.7 Å². The van der Waals surface area contributed by atoms with E-state index in [0.717, 1.165) is 51.3 Å². The molecule has 1 aromatic rings. The van der Waals surface area contributed by atoms with E-state index in [1.165, 1.54) is 0 Å². The topological polar surface area (TPSA) is 87.4 Å². The predicted molar refractivity (Wildman–Crippen MR) is 105 cm³/mol. The highest BCUT2D eigenvalue weighted by atomic mass is 127. The van der Waals surface area contributed by atoms with E-state index in [1.807, 2.05) is 16.4 Å². The lowest BCUT2D eigenvalue weighted by Crippen LogP contribution is -2.40. The molecule has 0 saturated carbocycles. The number of guanidine groups is 1. The third-order valence-electron chi connectivity index (χ3n) is 3.83. The molecule has 0 aromatic carbocycles. The van der Waals surface area contributed by atoms with E-state index < -0.39 is 0 Å². The molecule has 8 nitrogen and oxygen atoms in total. The van der Waals surface area contributed by atoms with Crippen LogP contribution in [0, 0.1) is 0 Å². The van der Waals surface area contributed by atoms with Gasteiger partial charge in [0.25, 0.3) is 0 Å². The Morgan fingerprint density at radius 1 is 1.29 bits per heavy atom. The Balaban J connectivity index is 0.00000288. The van der Waals surface area contributed by atoms with Gasteiger partial charge in [-0.15, -0.1) is 34.2 Å². The van der Waals surface area contributed by atoms with Crippen molar-refractivity contribution < 1.29 is 4.79 Å². The molecule has 1 amide bonds. The summed E-state index contributed by atoms with van der Waals surface area (Å²) in [4.78, 5) is 18.3. The molecule has 2 rings (SSSR count). The average molecular weight is 449 g/mol. The predicted octanol–water partition coefficient (Wildman–Crippen LogP) is 0.636. The average Bonchev–Trinajstić information content (AvgIpc) is 3.23. The number of hydrogen-bond acceptors (Lipinski definition) is 4. The second kappa shape index (κ2) is 11.2. The largest absolute Gasteiger partial charge is 0.357 e. The molecule has 2 N–H and O–H groups in total. The Labute approximate surface area is 160 Å². The molecule has 1 aliphatic heterocycles. The summed E-state index contributed by atoms with van der Waals surface area (Å²) in [5.41, 5.74) is 0. The highest BCUT2D eigenvalue weighted by Gasteiger charge is 2.17. The maximum Gasteiger partial charge on any atom is 0.244 e.